The molecule has 2 aliphatic rings. The van der Waals surface area contributed by atoms with Gasteiger partial charge in [-0.2, -0.15) is 11.8 Å². The van der Waals surface area contributed by atoms with Crippen LogP contribution < -0.4 is 5.32 Å². The Hall–Kier alpha value is -2.66. The molecule has 0 radical (unpaired) electrons. The summed E-state index contributed by atoms with van der Waals surface area (Å²) in [5, 5.41) is 11.5. The number of amidine groups is 1. The molecule has 0 saturated carbocycles. The Morgan fingerprint density at radius 3 is 3.00 bits per heavy atom. The highest BCUT2D eigenvalue weighted by atomic mass is 32.2. The molecule has 2 aliphatic heterocycles. The van der Waals surface area contributed by atoms with E-state index in [-0.39, 0.29) is 24.2 Å². The number of sulfonamides is 1. The Kier molecular flexibility index (Phi) is 5.41. The van der Waals surface area contributed by atoms with Crippen molar-refractivity contribution < 1.29 is 13.2 Å². The zero-order valence-corrected chi connectivity index (χ0v) is 17.4. The van der Waals surface area contributed by atoms with E-state index in [1.807, 2.05) is 35.1 Å². The van der Waals surface area contributed by atoms with Gasteiger partial charge in [0, 0.05) is 18.9 Å². The molecule has 0 fully saturated rings. The van der Waals surface area contributed by atoms with E-state index in [1.54, 1.807) is 35.0 Å². The van der Waals surface area contributed by atoms with Crippen molar-refractivity contribution in [3.63, 3.8) is 0 Å². The summed E-state index contributed by atoms with van der Waals surface area (Å²) in [6.07, 6.45) is 9.36. The second-order valence-electron chi connectivity index (χ2n) is 6.64. The van der Waals surface area contributed by atoms with Crippen LogP contribution in [0.25, 0.3) is 5.65 Å². The van der Waals surface area contributed by atoms with Gasteiger partial charge in [-0.25, -0.2) is 8.42 Å². The lowest BCUT2D eigenvalue weighted by Gasteiger charge is -2.27. The van der Waals surface area contributed by atoms with Crippen LogP contribution in [0, 0.1) is 0 Å². The molecule has 2 aromatic heterocycles. The molecular weight excluding hydrogens is 412 g/mol. The minimum Gasteiger partial charge on any atom is -0.342 e. The Labute approximate surface area is 172 Å². The lowest BCUT2D eigenvalue weighted by Crippen LogP contribution is -2.38. The van der Waals surface area contributed by atoms with Gasteiger partial charge in [-0.15, -0.1) is 14.6 Å². The minimum absolute atomic E-state index is 0.0716. The largest absolute Gasteiger partial charge is 0.342 e. The molecule has 29 heavy (non-hydrogen) atoms. The number of carbonyl (C=O) groups is 1. The van der Waals surface area contributed by atoms with E-state index in [0.717, 1.165) is 11.4 Å². The predicted molar refractivity (Wildman–Crippen MR) is 112 cm³/mol. The fourth-order valence-corrected chi connectivity index (χ4v) is 4.62. The van der Waals surface area contributed by atoms with Crippen LogP contribution >= 0.6 is 11.8 Å². The fraction of sp³-hybridized carbons (Fsp3) is 0.333. The zero-order valence-electron chi connectivity index (χ0n) is 15.7. The maximum absolute atomic E-state index is 12.9. The monoisotopic (exact) mass is 432 g/mol. The number of thioether (sulfide) groups is 1. The topological polar surface area (TPSA) is 109 Å². The highest BCUT2D eigenvalue weighted by molar-refractivity contribution is 7.98. The van der Waals surface area contributed by atoms with E-state index in [0.29, 0.717) is 23.7 Å². The van der Waals surface area contributed by atoms with Crippen LogP contribution in [0.4, 0.5) is 0 Å². The first kappa shape index (κ1) is 19.6. The van der Waals surface area contributed by atoms with Crippen LogP contribution in [0.15, 0.2) is 52.7 Å². The van der Waals surface area contributed by atoms with Crippen molar-refractivity contribution in [2.75, 3.05) is 24.3 Å². The van der Waals surface area contributed by atoms with Crippen molar-refractivity contribution in [2.24, 2.45) is 4.40 Å². The summed E-state index contributed by atoms with van der Waals surface area (Å²) < 4.78 is 28.9. The number of amides is 1. The third-order valence-electron chi connectivity index (χ3n) is 4.65. The molecule has 0 aliphatic carbocycles. The van der Waals surface area contributed by atoms with Gasteiger partial charge in [0.25, 0.3) is 15.9 Å². The van der Waals surface area contributed by atoms with Gasteiger partial charge >= 0.3 is 0 Å². The van der Waals surface area contributed by atoms with Gasteiger partial charge in [-0.3, -0.25) is 9.20 Å². The molecule has 0 aromatic carbocycles. The number of rotatable bonds is 6. The van der Waals surface area contributed by atoms with Gasteiger partial charge in [0.15, 0.2) is 11.5 Å². The summed E-state index contributed by atoms with van der Waals surface area (Å²) in [7, 11) is -3.43. The van der Waals surface area contributed by atoms with E-state index in [4.69, 9.17) is 0 Å². The second kappa shape index (κ2) is 7.99. The Morgan fingerprint density at radius 2 is 2.17 bits per heavy atom. The zero-order chi connectivity index (χ0) is 20.4. The Bertz CT molecular complexity index is 1140. The number of nitrogens with one attached hydrogen (secondary N) is 1. The van der Waals surface area contributed by atoms with Gasteiger partial charge in [-0.05, 0) is 42.7 Å². The van der Waals surface area contributed by atoms with Gasteiger partial charge < -0.3 is 10.2 Å². The van der Waals surface area contributed by atoms with Crippen LogP contribution in [0.2, 0.25) is 0 Å². The SMILES string of the molecule is CSCCC(NC(=O)C1=CN2CCS(=O)(=O)N=C2C=C1)c1nnc2ccccn12. The standard InChI is InChI=1S/C18H20N6O3S2/c1-28-10-7-14(17-21-20-15-4-2-3-8-24(15)17)19-18(25)13-5-6-16-22-29(26,27)11-9-23(16)12-13/h2-6,8,12,14H,7,9-11H2,1H3,(H,19,25). The number of carbonyl (C=O) groups excluding carboxylic acids is 1. The maximum Gasteiger partial charge on any atom is 0.256 e. The molecule has 9 nitrogen and oxygen atoms in total. The number of hydrogen-bond acceptors (Lipinski definition) is 7. The Balaban J connectivity index is 1.56. The number of fused-ring (bicyclic) bond motifs is 2. The number of pyridine rings is 1. The number of hydrogen-bond donors (Lipinski definition) is 1. The van der Waals surface area contributed by atoms with Gasteiger partial charge in [-0.1, -0.05) is 6.07 Å². The summed E-state index contributed by atoms with van der Waals surface area (Å²) >= 11 is 1.69. The first-order valence-corrected chi connectivity index (χ1v) is 12.1. The summed E-state index contributed by atoms with van der Waals surface area (Å²) in [5.74, 6) is 1.53. The lowest BCUT2D eigenvalue weighted by atomic mass is 10.1. The first-order valence-electron chi connectivity index (χ1n) is 9.05. The molecular formula is C18H20N6O3S2. The molecule has 0 saturated heterocycles. The molecule has 2 aromatic rings. The molecule has 152 valence electrons. The molecule has 4 heterocycles. The van der Waals surface area contributed by atoms with Crippen molar-refractivity contribution in [3.05, 3.63) is 54.1 Å². The molecule has 11 heteroatoms. The van der Waals surface area contributed by atoms with Crippen LogP contribution in [0.1, 0.15) is 18.3 Å². The van der Waals surface area contributed by atoms with Crippen molar-refractivity contribution >= 4 is 39.2 Å². The van der Waals surface area contributed by atoms with E-state index in [9.17, 15) is 13.2 Å². The number of aromatic nitrogens is 3. The van der Waals surface area contributed by atoms with E-state index < -0.39 is 10.0 Å². The molecule has 1 atom stereocenters. The Morgan fingerprint density at radius 1 is 1.31 bits per heavy atom. The maximum atomic E-state index is 12.9. The van der Waals surface area contributed by atoms with Crippen molar-refractivity contribution in [2.45, 2.75) is 12.5 Å². The molecule has 1 unspecified atom stereocenters. The first-order chi connectivity index (χ1) is 14.0. The molecule has 4 rings (SSSR count). The summed E-state index contributed by atoms with van der Waals surface area (Å²) in [5.41, 5.74) is 1.16. The van der Waals surface area contributed by atoms with Crippen molar-refractivity contribution in [3.8, 4) is 0 Å². The van der Waals surface area contributed by atoms with E-state index in [2.05, 4.69) is 19.9 Å². The van der Waals surface area contributed by atoms with Crippen LogP contribution in [-0.4, -0.2) is 64.0 Å². The smallest absolute Gasteiger partial charge is 0.256 e. The normalized spacial score (nSPS) is 18.7. The number of nitrogens with zero attached hydrogens (tertiary/aromatic N) is 5. The van der Waals surface area contributed by atoms with Crippen LogP contribution in [0.5, 0.6) is 0 Å². The second-order valence-corrected chi connectivity index (χ2v) is 9.38. The molecule has 1 amide bonds. The van der Waals surface area contributed by atoms with Crippen molar-refractivity contribution in [1.82, 2.24) is 24.8 Å². The third kappa shape index (κ3) is 4.20. The van der Waals surface area contributed by atoms with E-state index >= 15 is 0 Å². The van der Waals surface area contributed by atoms with Crippen molar-refractivity contribution in [1.29, 1.82) is 0 Å². The third-order valence-corrected chi connectivity index (χ3v) is 6.46. The predicted octanol–water partition coefficient (Wildman–Crippen LogP) is 1.14. The summed E-state index contributed by atoms with van der Waals surface area (Å²) in [4.78, 5) is 14.6. The molecule has 0 bridgehead atoms. The van der Waals surface area contributed by atoms with Gasteiger partial charge in [0.05, 0.1) is 17.4 Å². The average Bonchev–Trinajstić information content (AvgIpc) is 3.14. The van der Waals surface area contributed by atoms with E-state index in [1.165, 1.54) is 0 Å². The summed E-state index contributed by atoms with van der Waals surface area (Å²) in [6, 6.07) is 5.34. The summed E-state index contributed by atoms with van der Waals surface area (Å²) in [6.45, 7) is 0.271. The fourth-order valence-electron chi connectivity index (χ4n) is 3.18. The minimum atomic E-state index is -3.43. The van der Waals surface area contributed by atoms with Crippen LogP contribution in [-0.2, 0) is 14.8 Å². The highest BCUT2D eigenvalue weighted by Crippen LogP contribution is 2.21. The van der Waals surface area contributed by atoms with Gasteiger partial charge in [0.2, 0.25) is 0 Å². The quantitative estimate of drug-likeness (QED) is 0.729. The average molecular weight is 433 g/mol. The molecule has 0 spiro atoms. The molecule has 1 N–H and O–H groups in total. The lowest BCUT2D eigenvalue weighted by molar-refractivity contribution is -0.118. The highest BCUT2D eigenvalue weighted by Gasteiger charge is 2.26. The van der Waals surface area contributed by atoms with Gasteiger partial charge in [0.1, 0.15) is 5.84 Å². The van der Waals surface area contributed by atoms with Crippen LogP contribution in [0.3, 0.4) is 0 Å².